The van der Waals surface area contributed by atoms with Crippen LogP contribution in [0.25, 0.3) is 0 Å². The molecule has 0 aromatic heterocycles. The summed E-state index contributed by atoms with van der Waals surface area (Å²) in [5, 5.41) is 3.89. The molecule has 2 nitrogen and oxygen atoms in total. The molecule has 1 unspecified atom stereocenters. The Kier molecular flexibility index (Phi) is 4.26. The molecule has 1 N–H and O–H groups in total. The fraction of sp³-hybridized carbons (Fsp3) is 0.278. The Balaban J connectivity index is 1.87. The molecular formula is C18H18ClNO. The molecule has 108 valence electrons. The molecule has 3 rings (SSSR count). The lowest BCUT2D eigenvalue weighted by molar-refractivity contribution is -0.127. The quantitative estimate of drug-likeness (QED) is 0.893. The smallest absolute Gasteiger partial charge is 0.223 e. The summed E-state index contributed by atoms with van der Waals surface area (Å²) in [5.74, 6) is 0.341. The average Bonchev–Trinajstić information content (AvgIpc) is 2.45. The van der Waals surface area contributed by atoms with Crippen LogP contribution in [0.2, 0.25) is 5.02 Å². The van der Waals surface area contributed by atoms with E-state index in [9.17, 15) is 4.79 Å². The second kappa shape index (κ2) is 6.31. The van der Waals surface area contributed by atoms with Crippen molar-refractivity contribution < 1.29 is 4.79 Å². The first-order valence-corrected chi connectivity index (χ1v) is 7.72. The van der Waals surface area contributed by atoms with Crippen molar-refractivity contribution >= 4 is 17.5 Å². The van der Waals surface area contributed by atoms with Crippen molar-refractivity contribution in [3.05, 3.63) is 70.7 Å². The zero-order chi connectivity index (χ0) is 14.7. The number of benzene rings is 2. The molecule has 0 aliphatic heterocycles. The van der Waals surface area contributed by atoms with Gasteiger partial charge in [-0.2, -0.15) is 0 Å². The Morgan fingerprint density at radius 3 is 2.19 bits per heavy atom. The number of hydrogen-bond donors (Lipinski definition) is 1. The van der Waals surface area contributed by atoms with Gasteiger partial charge in [-0.25, -0.2) is 0 Å². The molecule has 1 fully saturated rings. The van der Waals surface area contributed by atoms with Gasteiger partial charge in [-0.15, -0.1) is 0 Å². The summed E-state index contributed by atoms with van der Waals surface area (Å²) in [6.07, 6.45) is 3.18. The van der Waals surface area contributed by atoms with E-state index in [0.717, 1.165) is 30.4 Å². The monoisotopic (exact) mass is 299 g/mol. The van der Waals surface area contributed by atoms with E-state index in [1.165, 1.54) is 0 Å². The predicted octanol–water partition coefficient (Wildman–Crippen LogP) is 4.35. The van der Waals surface area contributed by atoms with Gasteiger partial charge in [0.05, 0.1) is 6.04 Å². The van der Waals surface area contributed by atoms with E-state index in [1.807, 2.05) is 54.6 Å². The van der Waals surface area contributed by atoms with E-state index < -0.39 is 0 Å². The van der Waals surface area contributed by atoms with Crippen LogP contribution in [0, 0.1) is 5.92 Å². The fourth-order valence-electron chi connectivity index (χ4n) is 2.59. The minimum atomic E-state index is -0.114. The molecule has 1 amide bonds. The number of rotatable bonds is 4. The molecule has 1 saturated carbocycles. The summed E-state index contributed by atoms with van der Waals surface area (Å²) in [6, 6.07) is 17.6. The molecule has 2 aromatic rings. The lowest BCUT2D eigenvalue weighted by Gasteiger charge is -2.28. The van der Waals surface area contributed by atoms with E-state index in [-0.39, 0.29) is 17.9 Å². The van der Waals surface area contributed by atoms with Gasteiger partial charge in [-0.1, -0.05) is 60.5 Å². The van der Waals surface area contributed by atoms with Crippen LogP contribution in [0.15, 0.2) is 54.6 Å². The molecule has 3 heteroatoms. The van der Waals surface area contributed by atoms with E-state index in [2.05, 4.69) is 5.32 Å². The van der Waals surface area contributed by atoms with Gasteiger partial charge in [0.1, 0.15) is 0 Å². The normalized spacial score (nSPS) is 16.0. The molecule has 21 heavy (non-hydrogen) atoms. The topological polar surface area (TPSA) is 29.1 Å². The van der Waals surface area contributed by atoms with Crippen molar-refractivity contribution in [2.24, 2.45) is 5.92 Å². The van der Waals surface area contributed by atoms with Crippen LogP contribution in [0.4, 0.5) is 0 Å². The SMILES string of the molecule is O=C(NC(c1ccccc1)c1ccc(Cl)cc1)C1CCC1. The molecule has 1 aliphatic carbocycles. The van der Waals surface area contributed by atoms with Crippen LogP contribution >= 0.6 is 11.6 Å². The third-order valence-electron chi connectivity index (χ3n) is 4.10. The van der Waals surface area contributed by atoms with Gasteiger partial charge in [-0.3, -0.25) is 4.79 Å². The van der Waals surface area contributed by atoms with Crippen LogP contribution in [0.1, 0.15) is 36.4 Å². The molecule has 1 aliphatic rings. The third-order valence-corrected chi connectivity index (χ3v) is 4.35. The maximum Gasteiger partial charge on any atom is 0.223 e. The minimum Gasteiger partial charge on any atom is -0.345 e. The van der Waals surface area contributed by atoms with Crippen molar-refractivity contribution in [1.82, 2.24) is 5.32 Å². The first-order valence-electron chi connectivity index (χ1n) is 7.35. The van der Waals surface area contributed by atoms with Crippen LogP contribution < -0.4 is 5.32 Å². The minimum absolute atomic E-state index is 0.114. The number of carbonyl (C=O) groups excluding carboxylic acids is 1. The maximum absolute atomic E-state index is 12.3. The summed E-state index contributed by atoms with van der Waals surface area (Å²) in [5.41, 5.74) is 2.14. The summed E-state index contributed by atoms with van der Waals surface area (Å²) >= 11 is 5.96. The lowest BCUT2D eigenvalue weighted by Crippen LogP contribution is -2.37. The van der Waals surface area contributed by atoms with Gasteiger partial charge in [-0.05, 0) is 36.1 Å². The summed E-state index contributed by atoms with van der Waals surface area (Å²) in [7, 11) is 0. The molecule has 0 bridgehead atoms. The van der Waals surface area contributed by atoms with Gasteiger partial charge < -0.3 is 5.32 Å². The van der Waals surface area contributed by atoms with Crippen molar-refractivity contribution in [1.29, 1.82) is 0 Å². The van der Waals surface area contributed by atoms with Gasteiger partial charge in [0, 0.05) is 10.9 Å². The first-order chi connectivity index (χ1) is 10.2. The Morgan fingerprint density at radius 1 is 1.00 bits per heavy atom. The van der Waals surface area contributed by atoms with Gasteiger partial charge in [0.15, 0.2) is 0 Å². The highest BCUT2D eigenvalue weighted by Crippen LogP contribution is 2.29. The highest BCUT2D eigenvalue weighted by atomic mass is 35.5. The van der Waals surface area contributed by atoms with E-state index in [4.69, 9.17) is 11.6 Å². The summed E-state index contributed by atoms with van der Waals surface area (Å²) < 4.78 is 0. The zero-order valence-electron chi connectivity index (χ0n) is 11.8. The molecular weight excluding hydrogens is 282 g/mol. The van der Waals surface area contributed by atoms with Crippen molar-refractivity contribution in [3.8, 4) is 0 Å². The largest absolute Gasteiger partial charge is 0.345 e. The average molecular weight is 300 g/mol. The lowest BCUT2D eigenvalue weighted by atomic mass is 9.84. The molecule has 0 saturated heterocycles. The van der Waals surface area contributed by atoms with Crippen LogP contribution in [0.3, 0.4) is 0 Å². The Bertz CT molecular complexity index is 605. The Hall–Kier alpha value is -1.80. The molecule has 0 heterocycles. The van der Waals surface area contributed by atoms with Gasteiger partial charge in [0.2, 0.25) is 5.91 Å². The van der Waals surface area contributed by atoms with E-state index in [0.29, 0.717) is 5.02 Å². The van der Waals surface area contributed by atoms with Crippen LogP contribution in [-0.4, -0.2) is 5.91 Å². The number of carbonyl (C=O) groups is 1. The zero-order valence-corrected chi connectivity index (χ0v) is 12.5. The molecule has 2 aromatic carbocycles. The first kappa shape index (κ1) is 14.2. The molecule has 0 spiro atoms. The number of nitrogens with one attached hydrogen (secondary N) is 1. The maximum atomic E-state index is 12.3. The van der Waals surface area contributed by atoms with E-state index >= 15 is 0 Å². The highest BCUT2D eigenvalue weighted by molar-refractivity contribution is 6.30. The van der Waals surface area contributed by atoms with Gasteiger partial charge in [0.25, 0.3) is 0 Å². The second-order valence-electron chi connectivity index (χ2n) is 5.53. The second-order valence-corrected chi connectivity index (χ2v) is 5.97. The number of hydrogen-bond acceptors (Lipinski definition) is 1. The predicted molar refractivity (Wildman–Crippen MR) is 85.2 cm³/mol. The third kappa shape index (κ3) is 3.27. The Labute approximate surface area is 130 Å². The fourth-order valence-corrected chi connectivity index (χ4v) is 2.72. The highest BCUT2D eigenvalue weighted by Gasteiger charge is 2.27. The number of halogens is 1. The molecule has 1 atom stereocenters. The molecule has 0 radical (unpaired) electrons. The van der Waals surface area contributed by atoms with Crippen molar-refractivity contribution in [2.75, 3.05) is 0 Å². The summed E-state index contributed by atoms with van der Waals surface area (Å²) in [6.45, 7) is 0. The number of amides is 1. The Morgan fingerprint density at radius 2 is 1.62 bits per heavy atom. The van der Waals surface area contributed by atoms with E-state index in [1.54, 1.807) is 0 Å². The van der Waals surface area contributed by atoms with Crippen molar-refractivity contribution in [2.45, 2.75) is 25.3 Å². The standard InChI is InChI=1S/C18H18ClNO/c19-16-11-9-14(10-12-16)17(13-5-2-1-3-6-13)20-18(21)15-7-4-8-15/h1-3,5-6,9-12,15,17H,4,7-8H2,(H,20,21). The van der Waals surface area contributed by atoms with Crippen LogP contribution in [0.5, 0.6) is 0 Å². The van der Waals surface area contributed by atoms with Crippen molar-refractivity contribution in [3.63, 3.8) is 0 Å². The van der Waals surface area contributed by atoms with Gasteiger partial charge >= 0.3 is 0 Å². The summed E-state index contributed by atoms with van der Waals surface area (Å²) in [4.78, 5) is 12.3. The van der Waals surface area contributed by atoms with Crippen LogP contribution in [-0.2, 0) is 4.79 Å².